The minimum Gasteiger partial charge on any atom is -0.486 e. The minimum atomic E-state index is -0.125. The molecule has 2 bridgehead atoms. The molecule has 4 aliphatic rings. The minimum absolute atomic E-state index is 0.125. The third-order valence-electron chi connectivity index (χ3n) is 6.39. The summed E-state index contributed by atoms with van der Waals surface area (Å²) in [5, 5.41) is 3.98. The van der Waals surface area contributed by atoms with Gasteiger partial charge in [-0.25, -0.2) is 0 Å². The topological polar surface area (TPSA) is 21.3 Å². The van der Waals surface area contributed by atoms with Gasteiger partial charge in [-0.2, -0.15) is 0 Å². The zero-order valence-electron chi connectivity index (χ0n) is 12.3. The molecule has 5 unspecified atom stereocenters. The van der Waals surface area contributed by atoms with Crippen LogP contribution in [0.25, 0.3) is 0 Å². The fourth-order valence-electron chi connectivity index (χ4n) is 5.56. The van der Waals surface area contributed by atoms with Crippen LogP contribution in [0.3, 0.4) is 0 Å². The van der Waals surface area contributed by atoms with Crippen molar-refractivity contribution in [3.05, 3.63) is 29.8 Å². The average Bonchev–Trinajstić information content (AvgIpc) is 2.72. The molecular weight excluding hydrogens is 246 g/mol. The highest BCUT2D eigenvalue weighted by Crippen LogP contribution is 2.66. The Morgan fingerprint density at radius 1 is 1.10 bits per heavy atom. The average molecular weight is 269 g/mol. The van der Waals surface area contributed by atoms with Gasteiger partial charge in [-0.1, -0.05) is 18.2 Å². The van der Waals surface area contributed by atoms with Gasteiger partial charge in [-0.3, -0.25) is 0 Å². The van der Waals surface area contributed by atoms with Gasteiger partial charge in [-0.05, 0) is 62.8 Å². The zero-order valence-corrected chi connectivity index (χ0v) is 12.3. The summed E-state index contributed by atoms with van der Waals surface area (Å²) in [6, 6.07) is 9.66. The van der Waals surface area contributed by atoms with Gasteiger partial charge < -0.3 is 10.1 Å². The van der Waals surface area contributed by atoms with E-state index in [0.29, 0.717) is 6.04 Å². The Morgan fingerprint density at radius 2 is 1.80 bits per heavy atom. The second-order valence-electron chi connectivity index (χ2n) is 7.86. The molecule has 0 aromatic heterocycles. The summed E-state index contributed by atoms with van der Waals surface area (Å²) in [5.74, 6) is 5.10. The van der Waals surface area contributed by atoms with Gasteiger partial charge >= 0.3 is 0 Å². The molecule has 3 fully saturated rings. The molecule has 2 heteroatoms. The second kappa shape index (κ2) is 3.59. The van der Waals surface area contributed by atoms with Crippen molar-refractivity contribution in [2.24, 2.45) is 23.7 Å². The van der Waals surface area contributed by atoms with Gasteiger partial charge in [0, 0.05) is 11.6 Å². The van der Waals surface area contributed by atoms with E-state index in [-0.39, 0.29) is 5.60 Å². The van der Waals surface area contributed by atoms with Crippen LogP contribution in [-0.2, 0) is 0 Å². The molecule has 1 N–H and O–H groups in total. The van der Waals surface area contributed by atoms with E-state index in [9.17, 15) is 0 Å². The zero-order chi connectivity index (χ0) is 13.5. The molecule has 1 aromatic rings. The lowest BCUT2D eigenvalue weighted by Gasteiger charge is -2.28. The Morgan fingerprint density at radius 3 is 2.55 bits per heavy atom. The maximum atomic E-state index is 6.16. The van der Waals surface area contributed by atoms with Crippen molar-refractivity contribution in [3.63, 3.8) is 0 Å². The summed E-state index contributed by atoms with van der Waals surface area (Å²) in [7, 11) is 0. The van der Waals surface area contributed by atoms with Gasteiger partial charge in [-0.15, -0.1) is 0 Å². The van der Waals surface area contributed by atoms with E-state index in [1.807, 2.05) is 0 Å². The largest absolute Gasteiger partial charge is 0.486 e. The molecule has 5 rings (SSSR count). The second-order valence-corrected chi connectivity index (χ2v) is 7.86. The van der Waals surface area contributed by atoms with Crippen LogP contribution in [0, 0.1) is 23.7 Å². The molecule has 3 saturated carbocycles. The number of nitrogens with one attached hydrogen (secondary N) is 1. The highest BCUT2D eigenvalue weighted by Gasteiger charge is 2.65. The Kier molecular flexibility index (Phi) is 2.09. The molecule has 2 nitrogen and oxygen atoms in total. The van der Waals surface area contributed by atoms with E-state index in [2.05, 4.69) is 43.4 Å². The van der Waals surface area contributed by atoms with E-state index in [0.717, 1.165) is 35.5 Å². The third-order valence-corrected chi connectivity index (χ3v) is 6.39. The summed E-state index contributed by atoms with van der Waals surface area (Å²) in [6.45, 7) is 4.44. The van der Waals surface area contributed by atoms with Crippen LogP contribution >= 0.6 is 0 Å². The molecule has 0 radical (unpaired) electrons. The number of hydrogen-bond acceptors (Lipinski definition) is 2. The summed E-state index contributed by atoms with van der Waals surface area (Å²) >= 11 is 0. The Hall–Kier alpha value is -1.02. The highest BCUT2D eigenvalue weighted by atomic mass is 16.5. The lowest BCUT2D eigenvalue weighted by atomic mass is 9.93. The predicted octanol–water partition coefficient (Wildman–Crippen LogP) is 3.53. The third kappa shape index (κ3) is 1.38. The van der Waals surface area contributed by atoms with Crippen LogP contribution in [0.2, 0.25) is 0 Å². The Labute approximate surface area is 120 Å². The van der Waals surface area contributed by atoms with E-state index >= 15 is 0 Å². The molecule has 3 aliphatic carbocycles. The van der Waals surface area contributed by atoms with Crippen molar-refractivity contribution in [2.75, 3.05) is 0 Å². The van der Waals surface area contributed by atoms with Crippen LogP contribution < -0.4 is 10.1 Å². The fraction of sp³-hybridized carbons (Fsp3) is 0.667. The van der Waals surface area contributed by atoms with E-state index in [1.165, 1.54) is 24.8 Å². The van der Waals surface area contributed by atoms with Gasteiger partial charge in [0.05, 0.1) is 6.04 Å². The maximum absolute atomic E-state index is 6.16. The first-order chi connectivity index (χ1) is 9.65. The number of rotatable bonds is 2. The van der Waals surface area contributed by atoms with Crippen LogP contribution in [-0.4, -0.2) is 11.6 Å². The summed E-state index contributed by atoms with van der Waals surface area (Å²) in [5.41, 5.74) is 1.23. The molecule has 1 aliphatic heterocycles. The normalized spacial score (nSPS) is 45.9. The van der Waals surface area contributed by atoms with E-state index in [4.69, 9.17) is 4.74 Å². The first-order valence-corrected chi connectivity index (χ1v) is 8.19. The van der Waals surface area contributed by atoms with Crippen molar-refractivity contribution in [3.8, 4) is 5.75 Å². The van der Waals surface area contributed by atoms with E-state index in [1.54, 1.807) is 0 Å². The van der Waals surface area contributed by atoms with Crippen LogP contribution in [0.5, 0.6) is 5.75 Å². The Balaban J connectivity index is 1.42. The number of benzene rings is 1. The van der Waals surface area contributed by atoms with Crippen molar-refractivity contribution in [1.29, 1.82) is 0 Å². The number of fused-ring (bicyclic) bond motifs is 6. The van der Waals surface area contributed by atoms with Crippen LogP contribution in [0.1, 0.15) is 44.7 Å². The summed E-state index contributed by atoms with van der Waals surface area (Å²) in [6.07, 6.45) is 4.50. The lowest BCUT2D eigenvalue weighted by Crippen LogP contribution is -2.41. The quantitative estimate of drug-likeness (QED) is 0.887. The summed E-state index contributed by atoms with van der Waals surface area (Å²) in [4.78, 5) is 0. The molecule has 5 atom stereocenters. The molecular formula is C18H23NO. The number of para-hydroxylation sites is 1. The first kappa shape index (κ1) is 11.6. The molecule has 20 heavy (non-hydrogen) atoms. The molecule has 0 saturated heterocycles. The van der Waals surface area contributed by atoms with Crippen LogP contribution in [0.4, 0.5) is 0 Å². The predicted molar refractivity (Wildman–Crippen MR) is 78.6 cm³/mol. The fourth-order valence-corrected chi connectivity index (χ4v) is 5.56. The van der Waals surface area contributed by atoms with E-state index < -0.39 is 0 Å². The monoisotopic (exact) mass is 269 g/mol. The molecule has 1 aromatic carbocycles. The van der Waals surface area contributed by atoms with Crippen molar-refractivity contribution < 1.29 is 4.74 Å². The van der Waals surface area contributed by atoms with Crippen molar-refractivity contribution >= 4 is 0 Å². The molecule has 106 valence electrons. The smallest absolute Gasteiger partial charge is 0.125 e. The highest BCUT2D eigenvalue weighted by molar-refractivity contribution is 5.42. The van der Waals surface area contributed by atoms with Gasteiger partial charge in [0.2, 0.25) is 0 Å². The first-order valence-electron chi connectivity index (χ1n) is 8.19. The lowest BCUT2D eigenvalue weighted by molar-refractivity contribution is 0.0934. The molecule has 0 amide bonds. The molecule has 0 spiro atoms. The molecule has 1 heterocycles. The van der Waals surface area contributed by atoms with Gasteiger partial charge in [0.1, 0.15) is 11.4 Å². The van der Waals surface area contributed by atoms with Gasteiger partial charge in [0.15, 0.2) is 0 Å². The number of hydrogen-bond donors (Lipinski definition) is 1. The Bertz CT molecular complexity index is 550. The van der Waals surface area contributed by atoms with Crippen LogP contribution in [0.15, 0.2) is 24.3 Å². The van der Waals surface area contributed by atoms with Gasteiger partial charge in [0.25, 0.3) is 0 Å². The summed E-state index contributed by atoms with van der Waals surface area (Å²) < 4.78 is 6.16. The standard InChI is InChI=1S/C18H23NO/c1-18(2)17(12-5-3-4-6-13(12)20-18)19-16-14-10-7-8-11(9-10)15(14)16/h3-6,10-11,14-17,19H,7-9H2,1-2H3. The van der Waals surface area contributed by atoms with Crippen molar-refractivity contribution in [2.45, 2.75) is 50.8 Å². The van der Waals surface area contributed by atoms with Crippen molar-refractivity contribution in [1.82, 2.24) is 5.32 Å². The maximum Gasteiger partial charge on any atom is 0.125 e. The SMILES string of the molecule is CC1(C)Oc2ccccc2C1NC1C2C3CCC(C3)C12. The number of ether oxygens (including phenoxy) is 1.